The van der Waals surface area contributed by atoms with Crippen molar-refractivity contribution in [3.63, 3.8) is 0 Å². The second kappa shape index (κ2) is 8.27. The van der Waals surface area contributed by atoms with Crippen LogP contribution < -0.4 is 0 Å². The lowest BCUT2D eigenvalue weighted by molar-refractivity contribution is -0.144. The summed E-state index contributed by atoms with van der Waals surface area (Å²) >= 11 is 7.78. The average Bonchev–Trinajstić information content (AvgIpc) is 3.19. The molecule has 3 aromatic heterocycles. The molecule has 0 saturated heterocycles. The van der Waals surface area contributed by atoms with Crippen molar-refractivity contribution in [2.45, 2.75) is 26.9 Å². The second-order valence-electron chi connectivity index (χ2n) is 6.71. The van der Waals surface area contributed by atoms with E-state index < -0.39 is 0 Å². The van der Waals surface area contributed by atoms with Crippen molar-refractivity contribution in [2.24, 2.45) is 0 Å². The maximum absolute atomic E-state index is 12.3. The number of hydrogen-bond donors (Lipinski definition) is 0. The molecule has 4 aromatic rings. The van der Waals surface area contributed by atoms with Crippen LogP contribution in [0.5, 0.6) is 0 Å². The number of rotatable bonds is 5. The van der Waals surface area contributed by atoms with Gasteiger partial charge in [0.05, 0.1) is 23.3 Å². The van der Waals surface area contributed by atoms with E-state index in [1.54, 1.807) is 6.20 Å². The summed E-state index contributed by atoms with van der Waals surface area (Å²) in [4.78, 5) is 25.5. The zero-order chi connectivity index (χ0) is 20.4. The lowest BCUT2D eigenvalue weighted by atomic mass is 10.0. The second-order valence-corrected chi connectivity index (χ2v) is 7.93. The predicted molar refractivity (Wildman–Crippen MR) is 115 cm³/mol. The van der Waals surface area contributed by atoms with Crippen LogP contribution in [-0.4, -0.2) is 20.9 Å². The van der Waals surface area contributed by atoms with Crippen molar-refractivity contribution in [2.75, 3.05) is 0 Å². The van der Waals surface area contributed by atoms with Crippen molar-refractivity contribution in [3.05, 3.63) is 75.5 Å². The molecule has 0 aliphatic carbocycles. The van der Waals surface area contributed by atoms with Gasteiger partial charge in [0.15, 0.2) is 0 Å². The van der Waals surface area contributed by atoms with E-state index in [0.29, 0.717) is 16.4 Å². The highest BCUT2D eigenvalue weighted by Gasteiger charge is 2.13. The van der Waals surface area contributed by atoms with Gasteiger partial charge in [-0.1, -0.05) is 29.8 Å². The predicted octanol–water partition coefficient (Wildman–Crippen LogP) is 5.31. The van der Waals surface area contributed by atoms with Crippen LogP contribution in [0.25, 0.3) is 21.6 Å². The molecule has 0 fully saturated rings. The number of pyridine rings is 2. The van der Waals surface area contributed by atoms with Crippen LogP contribution in [0.3, 0.4) is 0 Å². The number of halogens is 1. The molecule has 146 valence electrons. The van der Waals surface area contributed by atoms with Crippen LogP contribution in [0, 0.1) is 13.8 Å². The monoisotopic (exact) mass is 423 g/mol. The number of fused-ring (bicyclic) bond motifs is 1. The lowest BCUT2D eigenvalue weighted by Crippen LogP contribution is -2.09. The Morgan fingerprint density at radius 2 is 2.03 bits per heavy atom. The third kappa shape index (κ3) is 4.28. The zero-order valence-electron chi connectivity index (χ0n) is 16.0. The van der Waals surface area contributed by atoms with Crippen molar-refractivity contribution < 1.29 is 9.53 Å². The molecule has 0 saturated carbocycles. The first-order valence-electron chi connectivity index (χ1n) is 9.08. The molecule has 4 rings (SSSR count). The van der Waals surface area contributed by atoms with E-state index in [4.69, 9.17) is 16.3 Å². The van der Waals surface area contributed by atoms with E-state index in [1.807, 2.05) is 55.6 Å². The van der Waals surface area contributed by atoms with Gasteiger partial charge in [0, 0.05) is 22.5 Å². The van der Waals surface area contributed by atoms with Gasteiger partial charge in [0.2, 0.25) is 0 Å². The lowest BCUT2D eigenvalue weighted by Gasteiger charge is -2.10. The Kier molecular flexibility index (Phi) is 5.56. The fourth-order valence-corrected chi connectivity index (χ4v) is 3.95. The number of nitrogens with zero attached hydrogens (tertiary/aromatic N) is 3. The first kappa shape index (κ1) is 19.5. The summed E-state index contributed by atoms with van der Waals surface area (Å²) in [7, 11) is 0. The Morgan fingerprint density at radius 1 is 1.17 bits per heavy atom. The largest absolute Gasteiger partial charge is 0.460 e. The Labute approximate surface area is 177 Å². The maximum atomic E-state index is 12.3. The highest BCUT2D eigenvalue weighted by atomic mass is 35.5. The highest BCUT2D eigenvalue weighted by molar-refractivity contribution is 7.13. The first-order chi connectivity index (χ1) is 14.0. The molecule has 5 nitrogen and oxygen atoms in total. The summed E-state index contributed by atoms with van der Waals surface area (Å²) < 4.78 is 5.42. The molecular formula is C22H18ClN3O2S. The normalized spacial score (nSPS) is 11.0. The average molecular weight is 424 g/mol. The summed E-state index contributed by atoms with van der Waals surface area (Å²) in [6.07, 6.45) is 1.81. The smallest absolute Gasteiger partial charge is 0.312 e. The van der Waals surface area contributed by atoms with E-state index in [-0.39, 0.29) is 19.0 Å². The molecule has 7 heteroatoms. The van der Waals surface area contributed by atoms with Crippen molar-refractivity contribution in [1.82, 2.24) is 15.0 Å². The minimum Gasteiger partial charge on any atom is -0.460 e. The zero-order valence-corrected chi connectivity index (χ0v) is 17.5. The SMILES string of the molecule is Cc1ccc2cc(COC(=O)Cc3csc(-c4ccccn4)n3)c(Cl)nc2c1C. The number of carbonyl (C=O) groups excluding carboxylic acids is 1. The van der Waals surface area contributed by atoms with E-state index in [9.17, 15) is 4.79 Å². The van der Waals surface area contributed by atoms with Gasteiger partial charge in [-0.05, 0) is 43.2 Å². The Balaban J connectivity index is 1.43. The highest BCUT2D eigenvalue weighted by Crippen LogP contribution is 2.26. The number of aromatic nitrogens is 3. The molecule has 0 spiro atoms. The van der Waals surface area contributed by atoms with E-state index >= 15 is 0 Å². The number of thiazole rings is 1. The van der Waals surface area contributed by atoms with Gasteiger partial charge in [0.25, 0.3) is 0 Å². The van der Waals surface area contributed by atoms with Gasteiger partial charge in [0.1, 0.15) is 16.8 Å². The van der Waals surface area contributed by atoms with E-state index in [0.717, 1.165) is 32.7 Å². The molecule has 0 bridgehead atoms. The van der Waals surface area contributed by atoms with Gasteiger partial charge in [-0.3, -0.25) is 9.78 Å². The van der Waals surface area contributed by atoms with Gasteiger partial charge in [-0.15, -0.1) is 11.3 Å². The molecule has 0 amide bonds. The first-order valence-corrected chi connectivity index (χ1v) is 10.3. The Hall–Kier alpha value is -2.83. The van der Waals surface area contributed by atoms with Crippen molar-refractivity contribution in [1.29, 1.82) is 0 Å². The quantitative estimate of drug-likeness (QED) is 0.321. The van der Waals surface area contributed by atoms with Crippen LogP contribution in [0.4, 0.5) is 0 Å². The van der Waals surface area contributed by atoms with Gasteiger partial charge < -0.3 is 4.74 Å². The molecule has 3 heterocycles. The number of benzene rings is 1. The topological polar surface area (TPSA) is 65.0 Å². The van der Waals surface area contributed by atoms with Gasteiger partial charge in [-0.2, -0.15) is 0 Å². The fourth-order valence-electron chi connectivity index (χ4n) is 2.96. The van der Waals surface area contributed by atoms with Gasteiger partial charge in [-0.25, -0.2) is 9.97 Å². The number of aryl methyl sites for hydroxylation is 2. The third-order valence-electron chi connectivity index (χ3n) is 4.69. The Morgan fingerprint density at radius 3 is 2.83 bits per heavy atom. The number of ether oxygens (including phenoxy) is 1. The molecule has 0 atom stereocenters. The van der Waals surface area contributed by atoms with Crippen molar-refractivity contribution >= 4 is 39.8 Å². The molecule has 0 unspecified atom stereocenters. The van der Waals surface area contributed by atoms with Crippen LogP contribution in [0.2, 0.25) is 5.15 Å². The molecule has 0 N–H and O–H groups in total. The standard InChI is InChI=1S/C22H18ClN3O2S/c1-13-6-7-15-9-16(21(23)26-20(15)14(13)2)11-28-19(27)10-17-12-29-22(25-17)18-5-3-4-8-24-18/h3-9,12H,10-11H2,1-2H3. The summed E-state index contributed by atoms with van der Waals surface area (Å²) in [5.74, 6) is -0.362. The van der Waals surface area contributed by atoms with Crippen molar-refractivity contribution in [3.8, 4) is 10.7 Å². The molecule has 0 radical (unpaired) electrons. The van der Waals surface area contributed by atoms with E-state index in [2.05, 4.69) is 15.0 Å². The molecule has 1 aromatic carbocycles. The number of carbonyl (C=O) groups is 1. The molecule has 0 aliphatic rings. The maximum Gasteiger partial charge on any atom is 0.312 e. The number of hydrogen-bond acceptors (Lipinski definition) is 6. The summed E-state index contributed by atoms with van der Waals surface area (Å²) in [5, 5.41) is 3.95. The van der Waals surface area contributed by atoms with Crippen LogP contribution in [-0.2, 0) is 22.6 Å². The minimum absolute atomic E-state index is 0.0742. The van der Waals surface area contributed by atoms with Crippen LogP contribution >= 0.6 is 22.9 Å². The number of esters is 1. The Bertz CT molecular complexity index is 1190. The fraction of sp³-hybridized carbons (Fsp3) is 0.182. The third-order valence-corrected chi connectivity index (χ3v) is 5.93. The molecular weight excluding hydrogens is 406 g/mol. The van der Waals surface area contributed by atoms with E-state index in [1.165, 1.54) is 11.3 Å². The van der Waals surface area contributed by atoms with Crippen LogP contribution in [0.1, 0.15) is 22.4 Å². The van der Waals surface area contributed by atoms with Crippen LogP contribution in [0.15, 0.2) is 48.0 Å². The molecule has 0 aliphatic heterocycles. The molecule has 29 heavy (non-hydrogen) atoms. The minimum atomic E-state index is -0.362. The summed E-state index contributed by atoms with van der Waals surface area (Å²) in [5.41, 5.74) is 5.26. The summed E-state index contributed by atoms with van der Waals surface area (Å²) in [6, 6.07) is 11.6. The summed E-state index contributed by atoms with van der Waals surface area (Å²) in [6.45, 7) is 4.14. The van der Waals surface area contributed by atoms with Gasteiger partial charge >= 0.3 is 5.97 Å².